The fourth-order valence-electron chi connectivity index (χ4n) is 3.54. The highest BCUT2D eigenvalue weighted by atomic mass is 35.5. The molecule has 1 aromatic carbocycles. The molecular formula is C24H33ClN2O4. The van der Waals surface area contributed by atoms with Crippen molar-refractivity contribution in [2.24, 2.45) is 5.92 Å². The second kappa shape index (κ2) is 12.4. The summed E-state index contributed by atoms with van der Waals surface area (Å²) in [5.74, 6) is 0.547. The first-order chi connectivity index (χ1) is 15.0. The van der Waals surface area contributed by atoms with Gasteiger partial charge in [-0.25, -0.2) is 9.48 Å². The summed E-state index contributed by atoms with van der Waals surface area (Å²) in [4.78, 5) is 12.2. The van der Waals surface area contributed by atoms with E-state index >= 15 is 0 Å². The van der Waals surface area contributed by atoms with Crippen LogP contribution in [0.3, 0.4) is 0 Å². The van der Waals surface area contributed by atoms with Gasteiger partial charge in [-0.3, -0.25) is 0 Å². The van der Waals surface area contributed by atoms with Crippen molar-refractivity contribution in [3.8, 4) is 5.88 Å². The van der Waals surface area contributed by atoms with Crippen molar-refractivity contribution in [3.63, 3.8) is 0 Å². The Labute approximate surface area is 190 Å². The summed E-state index contributed by atoms with van der Waals surface area (Å²) in [7, 11) is 2.84. The molecule has 0 aliphatic rings. The predicted molar refractivity (Wildman–Crippen MR) is 123 cm³/mol. The second-order valence-electron chi connectivity index (χ2n) is 7.61. The zero-order valence-corrected chi connectivity index (χ0v) is 19.9. The molecule has 0 N–H and O–H groups in total. The summed E-state index contributed by atoms with van der Waals surface area (Å²) in [5.41, 5.74) is 2.76. The van der Waals surface area contributed by atoms with Crippen LogP contribution in [-0.4, -0.2) is 30.0 Å². The summed E-state index contributed by atoms with van der Waals surface area (Å²) in [6.45, 7) is 7.48. The van der Waals surface area contributed by atoms with Gasteiger partial charge >= 0.3 is 5.97 Å². The maximum absolute atomic E-state index is 12.2. The van der Waals surface area contributed by atoms with Gasteiger partial charge in [0.1, 0.15) is 17.3 Å². The Morgan fingerprint density at radius 3 is 2.61 bits per heavy atom. The van der Waals surface area contributed by atoms with Crippen molar-refractivity contribution >= 4 is 23.1 Å². The van der Waals surface area contributed by atoms with Crippen LogP contribution < -0.4 is 4.74 Å². The maximum atomic E-state index is 12.2. The van der Waals surface area contributed by atoms with E-state index < -0.39 is 5.97 Å². The smallest absolute Gasteiger partial charge is 0.341 e. The first kappa shape index (κ1) is 24.8. The highest BCUT2D eigenvalue weighted by Gasteiger charge is 2.20. The Balaban J connectivity index is 2.30. The Bertz CT molecular complexity index is 892. The quantitative estimate of drug-likeness (QED) is 0.238. The molecule has 7 heteroatoms. The Morgan fingerprint density at radius 1 is 1.23 bits per heavy atom. The molecule has 1 unspecified atom stereocenters. The fraction of sp³-hybridized carbons (Fsp3) is 0.500. The summed E-state index contributed by atoms with van der Waals surface area (Å²) < 4.78 is 18.0. The molecule has 0 fully saturated rings. The van der Waals surface area contributed by atoms with E-state index in [0.717, 1.165) is 43.4 Å². The van der Waals surface area contributed by atoms with Gasteiger partial charge in [0.15, 0.2) is 0 Å². The van der Waals surface area contributed by atoms with Crippen LogP contribution in [0.15, 0.2) is 30.5 Å². The van der Waals surface area contributed by atoms with Gasteiger partial charge in [0.25, 0.3) is 0 Å². The molecular weight excluding hydrogens is 416 g/mol. The number of hydrogen-bond acceptors (Lipinski definition) is 5. The molecule has 2 rings (SSSR count). The van der Waals surface area contributed by atoms with Gasteiger partial charge in [-0.05, 0) is 29.9 Å². The molecule has 0 aliphatic carbocycles. The summed E-state index contributed by atoms with van der Waals surface area (Å²) in [6.07, 6.45) is 5.35. The van der Waals surface area contributed by atoms with Crippen molar-refractivity contribution in [3.05, 3.63) is 52.4 Å². The molecule has 0 saturated carbocycles. The van der Waals surface area contributed by atoms with Gasteiger partial charge in [0, 0.05) is 6.54 Å². The number of halogens is 1. The van der Waals surface area contributed by atoms with E-state index in [9.17, 15) is 4.79 Å². The Morgan fingerprint density at radius 2 is 1.97 bits per heavy atom. The summed E-state index contributed by atoms with van der Waals surface area (Å²) in [5, 5.41) is 5.30. The van der Waals surface area contributed by atoms with Gasteiger partial charge in [-0.15, -0.1) is 5.10 Å². The second-order valence-corrected chi connectivity index (χ2v) is 7.96. The number of benzene rings is 1. The standard InChI is InChI=1S/C24H33ClN2O4/c1-6-10-17(3)14-27-22(25)20(11-7-2)23(26-27)31-15-18-12-8-9-13-19(18)21(16-29-4)24(28)30-5/h8-9,12-13,16-17H,6-7,10-11,14-15H2,1-5H3/b21-16+. The molecule has 6 nitrogen and oxygen atoms in total. The summed E-state index contributed by atoms with van der Waals surface area (Å²) >= 11 is 6.65. The van der Waals surface area contributed by atoms with Crippen LogP contribution in [0.1, 0.15) is 56.7 Å². The average molecular weight is 449 g/mol. The normalized spacial score (nSPS) is 12.5. The molecule has 1 atom stereocenters. The van der Waals surface area contributed by atoms with Gasteiger partial charge < -0.3 is 14.2 Å². The van der Waals surface area contributed by atoms with Gasteiger partial charge in [0.2, 0.25) is 5.88 Å². The van der Waals surface area contributed by atoms with Gasteiger partial charge in [-0.2, -0.15) is 0 Å². The molecule has 0 bridgehead atoms. The van der Waals surface area contributed by atoms with Crippen molar-refractivity contribution in [1.29, 1.82) is 0 Å². The van der Waals surface area contributed by atoms with Crippen LogP contribution >= 0.6 is 11.6 Å². The number of methoxy groups -OCH3 is 2. The van der Waals surface area contributed by atoms with E-state index in [-0.39, 0.29) is 6.61 Å². The first-order valence-electron chi connectivity index (χ1n) is 10.7. The minimum atomic E-state index is -0.474. The van der Waals surface area contributed by atoms with Crippen molar-refractivity contribution < 1.29 is 19.0 Å². The molecule has 31 heavy (non-hydrogen) atoms. The lowest BCUT2D eigenvalue weighted by molar-refractivity contribution is -0.133. The third-order valence-electron chi connectivity index (χ3n) is 5.02. The van der Waals surface area contributed by atoms with Crippen molar-refractivity contribution in [2.75, 3.05) is 14.2 Å². The lowest BCUT2D eigenvalue weighted by Crippen LogP contribution is -2.10. The molecule has 2 aromatic rings. The number of aromatic nitrogens is 2. The number of nitrogens with zero attached hydrogens (tertiary/aromatic N) is 2. The number of hydrogen-bond donors (Lipinski definition) is 0. The largest absolute Gasteiger partial charge is 0.503 e. The highest BCUT2D eigenvalue weighted by molar-refractivity contribution is 6.30. The minimum absolute atomic E-state index is 0.239. The van der Waals surface area contributed by atoms with E-state index in [0.29, 0.717) is 28.1 Å². The lowest BCUT2D eigenvalue weighted by atomic mass is 10.0. The van der Waals surface area contributed by atoms with Crippen LogP contribution in [0.2, 0.25) is 5.15 Å². The minimum Gasteiger partial charge on any atom is -0.503 e. The third-order valence-corrected chi connectivity index (χ3v) is 5.45. The molecule has 0 aliphatic heterocycles. The van der Waals surface area contributed by atoms with Crippen molar-refractivity contribution in [2.45, 2.75) is 59.6 Å². The van der Waals surface area contributed by atoms with E-state index in [1.54, 1.807) is 0 Å². The van der Waals surface area contributed by atoms with Crippen LogP contribution in [-0.2, 0) is 33.8 Å². The molecule has 0 saturated heterocycles. The number of esters is 1. The van der Waals surface area contributed by atoms with E-state index in [1.165, 1.54) is 20.5 Å². The maximum Gasteiger partial charge on any atom is 0.341 e. The Kier molecular flexibility index (Phi) is 9.92. The van der Waals surface area contributed by atoms with E-state index in [1.807, 2.05) is 28.9 Å². The lowest BCUT2D eigenvalue weighted by Gasteiger charge is -2.12. The monoisotopic (exact) mass is 448 g/mol. The number of carbonyl (C=O) groups excluding carboxylic acids is 1. The molecule has 1 heterocycles. The van der Waals surface area contributed by atoms with Crippen LogP contribution in [0.25, 0.3) is 5.57 Å². The van der Waals surface area contributed by atoms with Crippen LogP contribution in [0, 0.1) is 5.92 Å². The fourth-order valence-corrected chi connectivity index (χ4v) is 3.82. The number of ether oxygens (including phenoxy) is 3. The van der Waals surface area contributed by atoms with Gasteiger partial charge in [-0.1, -0.05) is 69.5 Å². The molecule has 0 amide bonds. The molecule has 0 radical (unpaired) electrons. The average Bonchev–Trinajstić information content (AvgIpc) is 3.05. The third kappa shape index (κ3) is 6.50. The first-order valence-corrected chi connectivity index (χ1v) is 11.1. The van der Waals surface area contributed by atoms with E-state index in [2.05, 4.69) is 25.9 Å². The molecule has 1 aromatic heterocycles. The zero-order valence-electron chi connectivity index (χ0n) is 19.1. The topological polar surface area (TPSA) is 62.6 Å². The summed E-state index contributed by atoms with van der Waals surface area (Å²) in [6, 6.07) is 7.50. The number of rotatable bonds is 12. The molecule has 170 valence electrons. The van der Waals surface area contributed by atoms with Crippen LogP contribution in [0.5, 0.6) is 5.88 Å². The zero-order chi connectivity index (χ0) is 22.8. The van der Waals surface area contributed by atoms with E-state index in [4.69, 9.17) is 25.8 Å². The highest BCUT2D eigenvalue weighted by Crippen LogP contribution is 2.30. The predicted octanol–water partition coefficient (Wildman–Crippen LogP) is 5.66. The SMILES string of the molecule is CCCc1c(OCc2ccccc2/C(=C\OC)C(=O)OC)nn(CC(C)CCC)c1Cl. The van der Waals surface area contributed by atoms with Crippen molar-refractivity contribution in [1.82, 2.24) is 9.78 Å². The Hall–Kier alpha value is -2.47. The van der Waals surface area contributed by atoms with Gasteiger partial charge in [0.05, 0.1) is 26.0 Å². The van der Waals surface area contributed by atoms with Crippen LogP contribution in [0.4, 0.5) is 0 Å². The number of carbonyl (C=O) groups is 1. The molecule has 0 spiro atoms.